The standard InChI is InChI=1S/C31H23F3N6O/c32-31(33,34)23-8-5-6-20(16-23)18-36-29(41)17-22-19-40(26-11-4-3-9-24(22)26)28-13-12-27(38-39-28)37-30-25-10-2-1-7-21(25)14-15-35-30/h1-16,19H,17-18H2,(H,36,41)(H,35,37,38). The van der Waals surface area contributed by atoms with E-state index in [-0.39, 0.29) is 18.9 Å². The summed E-state index contributed by atoms with van der Waals surface area (Å²) in [5.74, 6) is 1.46. The van der Waals surface area contributed by atoms with Crippen molar-refractivity contribution in [3.8, 4) is 5.82 Å². The van der Waals surface area contributed by atoms with Crippen LogP contribution in [0.5, 0.6) is 0 Å². The number of nitrogens with one attached hydrogen (secondary N) is 2. The lowest BCUT2D eigenvalue weighted by molar-refractivity contribution is -0.137. The van der Waals surface area contributed by atoms with Gasteiger partial charge in [0.2, 0.25) is 5.91 Å². The topological polar surface area (TPSA) is 84.7 Å². The van der Waals surface area contributed by atoms with Gasteiger partial charge in [-0.3, -0.25) is 9.36 Å². The Morgan fingerprint density at radius 1 is 0.854 bits per heavy atom. The van der Waals surface area contributed by atoms with Gasteiger partial charge in [-0.15, -0.1) is 10.2 Å². The largest absolute Gasteiger partial charge is 0.416 e. The Morgan fingerprint density at radius 3 is 2.46 bits per heavy atom. The minimum absolute atomic E-state index is 0.00705. The van der Waals surface area contributed by atoms with Crippen LogP contribution in [0.4, 0.5) is 24.8 Å². The van der Waals surface area contributed by atoms with Crippen LogP contribution >= 0.6 is 0 Å². The first-order chi connectivity index (χ1) is 19.8. The number of alkyl halides is 3. The number of rotatable bonds is 7. The lowest BCUT2D eigenvalue weighted by Gasteiger charge is -2.09. The van der Waals surface area contributed by atoms with E-state index in [9.17, 15) is 18.0 Å². The molecule has 0 bridgehead atoms. The van der Waals surface area contributed by atoms with Crippen LogP contribution < -0.4 is 10.6 Å². The molecule has 3 heterocycles. The van der Waals surface area contributed by atoms with Crippen LogP contribution in [0.3, 0.4) is 0 Å². The number of carbonyl (C=O) groups is 1. The summed E-state index contributed by atoms with van der Waals surface area (Å²) in [6, 6.07) is 26.0. The molecule has 1 amide bonds. The molecular weight excluding hydrogens is 529 g/mol. The van der Waals surface area contributed by atoms with Crippen molar-refractivity contribution >= 4 is 39.2 Å². The molecule has 0 atom stereocenters. The fourth-order valence-electron chi connectivity index (χ4n) is 4.74. The highest BCUT2D eigenvalue weighted by Crippen LogP contribution is 2.30. The van der Waals surface area contributed by atoms with E-state index >= 15 is 0 Å². The fourth-order valence-corrected chi connectivity index (χ4v) is 4.74. The normalized spacial score (nSPS) is 11.6. The Morgan fingerprint density at radius 2 is 1.66 bits per heavy atom. The second-order valence-corrected chi connectivity index (χ2v) is 9.48. The number of pyridine rings is 1. The van der Waals surface area contributed by atoms with Gasteiger partial charge in [0.15, 0.2) is 11.6 Å². The van der Waals surface area contributed by atoms with Crippen molar-refractivity contribution in [2.24, 2.45) is 0 Å². The van der Waals surface area contributed by atoms with Crippen LogP contribution in [0, 0.1) is 0 Å². The van der Waals surface area contributed by atoms with E-state index in [1.165, 1.54) is 6.07 Å². The molecule has 0 aliphatic rings. The number of para-hydroxylation sites is 1. The van der Waals surface area contributed by atoms with Crippen LogP contribution in [0.1, 0.15) is 16.7 Å². The summed E-state index contributed by atoms with van der Waals surface area (Å²) in [5, 5.41) is 17.6. The molecule has 0 saturated carbocycles. The average Bonchev–Trinajstić information content (AvgIpc) is 3.34. The number of nitrogens with zero attached hydrogens (tertiary/aromatic N) is 4. The quantitative estimate of drug-likeness (QED) is 0.233. The van der Waals surface area contributed by atoms with Gasteiger partial charge < -0.3 is 10.6 Å². The van der Waals surface area contributed by atoms with Crippen LogP contribution in [0.15, 0.2) is 103 Å². The molecule has 10 heteroatoms. The third-order valence-corrected chi connectivity index (χ3v) is 6.71. The molecule has 0 spiro atoms. The molecule has 0 aliphatic carbocycles. The van der Waals surface area contributed by atoms with Gasteiger partial charge in [-0.25, -0.2) is 4.98 Å². The molecule has 0 saturated heterocycles. The number of aromatic nitrogens is 4. The van der Waals surface area contributed by atoms with Gasteiger partial charge in [0, 0.05) is 29.7 Å². The average molecular weight is 553 g/mol. The summed E-state index contributed by atoms with van der Waals surface area (Å²) >= 11 is 0. The van der Waals surface area contributed by atoms with Crippen LogP contribution in [-0.4, -0.2) is 25.7 Å². The van der Waals surface area contributed by atoms with Gasteiger partial charge in [-0.2, -0.15) is 13.2 Å². The molecule has 0 aliphatic heterocycles. The Bertz CT molecular complexity index is 1860. The van der Waals surface area contributed by atoms with Gasteiger partial charge in [0.25, 0.3) is 0 Å². The maximum atomic E-state index is 13.0. The molecule has 3 aromatic carbocycles. The molecule has 0 radical (unpaired) electrons. The van der Waals surface area contributed by atoms with Crippen molar-refractivity contribution < 1.29 is 18.0 Å². The number of benzene rings is 3. The molecule has 2 N–H and O–H groups in total. The van der Waals surface area contributed by atoms with Crippen molar-refractivity contribution in [3.05, 3.63) is 120 Å². The number of fused-ring (bicyclic) bond motifs is 2. The van der Waals surface area contributed by atoms with Gasteiger partial charge >= 0.3 is 6.18 Å². The van der Waals surface area contributed by atoms with Crippen molar-refractivity contribution in [2.75, 3.05) is 5.32 Å². The zero-order valence-corrected chi connectivity index (χ0v) is 21.6. The van der Waals surface area contributed by atoms with Crippen molar-refractivity contribution in [2.45, 2.75) is 19.1 Å². The SMILES string of the molecule is O=C(Cc1cn(-c2ccc(Nc3nccc4ccccc34)nn2)c2ccccc12)NCc1cccc(C(F)(F)F)c1. The predicted molar refractivity (Wildman–Crippen MR) is 151 cm³/mol. The molecule has 0 fully saturated rings. The smallest absolute Gasteiger partial charge is 0.352 e. The van der Waals surface area contributed by atoms with Gasteiger partial charge in [-0.05, 0) is 52.9 Å². The van der Waals surface area contributed by atoms with Crippen molar-refractivity contribution in [3.63, 3.8) is 0 Å². The first-order valence-electron chi connectivity index (χ1n) is 12.8. The summed E-state index contributed by atoms with van der Waals surface area (Å²) < 4.78 is 40.9. The van der Waals surface area contributed by atoms with Crippen molar-refractivity contribution in [1.82, 2.24) is 25.1 Å². The van der Waals surface area contributed by atoms with Crippen LogP contribution in [0.25, 0.3) is 27.5 Å². The monoisotopic (exact) mass is 552 g/mol. The highest BCUT2D eigenvalue weighted by atomic mass is 19.4. The second kappa shape index (κ2) is 10.7. The molecule has 6 rings (SSSR count). The van der Waals surface area contributed by atoms with E-state index in [2.05, 4.69) is 25.8 Å². The van der Waals surface area contributed by atoms with E-state index in [0.717, 1.165) is 39.4 Å². The number of amides is 1. The first kappa shape index (κ1) is 26.0. The Kier molecular flexibility index (Phi) is 6.80. The van der Waals surface area contributed by atoms with Gasteiger partial charge in [0.1, 0.15) is 5.82 Å². The molecule has 204 valence electrons. The maximum Gasteiger partial charge on any atom is 0.416 e. The molecule has 6 aromatic rings. The summed E-state index contributed by atoms with van der Waals surface area (Å²) in [6.07, 6.45) is -0.828. The minimum atomic E-state index is -4.44. The van der Waals surface area contributed by atoms with E-state index in [1.54, 1.807) is 12.3 Å². The van der Waals surface area contributed by atoms with E-state index in [1.807, 2.05) is 77.5 Å². The first-order valence-corrected chi connectivity index (χ1v) is 12.8. The molecule has 7 nitrogen and oxygen atoms in total. The fraction of sp³-hybridized carbons (Fsp3) is 0.0968. The molecule has 0 unspecified atom stereocenters. The third kappa shape index (κ3) is 5.58. The second-order valence-electron chi connectivity index (χ2n) is 9.48. The third-order valence-electron chi connectivity index (χ3n) is 6.71. The van der Waals surface area contributed by atoms with E-state index in [0.29, 0.717) is 23.0 Å². The maximum absolute atomic E-state index is 13.0. The summed E-state index contributed by atoms with van der Waals surface area (Å²) in [4.78, 5) is 17.2. The zero-order valence-electron chi connectivity index (χ0n) is 21.6. The van der Waals surface area contributed by atoms with E-state index < -0.39 is 11.7 Å². The highest BCUT2D eigenvalue weighted by Gasteiger charge is 2.30. The Labute approximate surface area is 232 Å². The number of anilines is 2. The van der Waals surface area contributed by atoms with Gasteiger partial charge in [0.05, 0.1) is 17.5 Å². The summed E-state index contributed by atoms with van der Waals surface area (Å²) in [5.41, 5.74) is 1.23. The van der Waals surface area contributed by atoms with Gasteiger partial charge in [-0.1, -0.05) is 54.6 Å². The van der Waals surface area contributed by atoms with E-state index in [4.69, 9.17) is 0 Å². The lowest BCUT2D eigenvalue weighted by atomic mass is 10.1. The summed E-state index contributed by atoms with van der Waals surface area (Å²) in [6.45, 7) is -0.00705. The Hall–Kier alpha value is -5.25. The zero-order chi connectivity index (χ0) is 28.4. The number of halogens is 3. The molecule has 3 aromatic heterocycles. The van der Waals surface area contributed by atoms with Crippen LogP contribution in [-0.2, 0) is 23.9 Å². The highest BCUT2D eigenvalue weighted by molar-refractivity contribution is 5.93. The number of hydrogen-bond acceptors (Lipinski definition) is 5. The minimum Gasteiger partial charge on any atom is -0.352 e. The molecular formula is C31H23F3N6O. The Balaban J connectivity index is 1.19. The number of hydrogen-bond donors (Lipinski definition) is 2. The van der Waals surface area contributed by atoms with Crippen molar-refractivity contribution in [1.29, 1.82) is 0 Å². The predicted octanol–water partition coefficient (Wildman–Crippen LogP) is 6.59. The number of carbonyl (C=O) groups excluding carboxylic acids is 1. The summed E-state index contributed by atoms with van der Waals surface area (Å²) in [7, 11) is 0. The van der Waals surface area contributed by atoms with Crippen LogP contribution in [0.2, 0.25) is 0 Å². The lowest BCUT2D eigenvalue weighted by Crippen LogP contribution is -2.24. The molecule has 41 heavy (non-hydrogen) atoms.